The number of rotatable bonds is 6. The van der Waals surface area contributed by atoms with Gasteiger partial charge < -0.3 is 19.2 Å². The van der Waals surface area contributed by atoms with Crippen LogP contribution < -0.4 is 14.8 Å². The number of benzene rings is 1. The van der Waals surface area contributed by atoms with Gasteiger partial charge >= 0.3 is 6.18 Å². The van der Waals surface area contributed by atoms with Gasteiger partial charge in [-0.2, -0.15) is 13.2 Å². The van der Waals surface area contributed by atoms with Crippen molar-refractivity contribution in [1.82, 2.24) is 5.32 Å². The predicted molar refractivity (Wildman–Crippen MR) is 79.3 cm³/mol. The van der Waals surface area contributed by atoms with Crippen LogP contribution in [0.25, 0.3) is 0 Å². The Hall–Kier alpha value is -2.64. The molecule has 0 bridgehead atoms. The van der Waals surface area contributed by atoms with E-state index in [0.29, 0.717) is 17.9 Å². The molecule has 130 valence electrons. The third-order valence-corrected chi connectivity index (χ3v) is 3.31. The van der Waals surface area contributed by atoms with E-state index in [1.54, 1.807) is 18.2 Å². The Labute approximate surface area is 136 Å². The summed E-state index contributed by atoms with van der Waals surface area (Å²) in [5.74, 6) is -1.03. The van der Waals surface area contributed by atoms with Crippen LogP contribution in [0.2, 0.25) is 0 Å². The molecular formula is C16H16F3NO4. The van der Waals surface area contributed by atoms with E-state index in [9.17, 15) is 18.0 Å². The first-order chi connectivity index (χ1) is 11.4. The molecule has 0 atom stereocenters. The van der Waals surface area contributed by atoms with E-state index in [1.165, 1.54) is 14.2 Å². The summed E-state index contributed by atoms with van der Waals surface area (Å²) in [6.45, 7) is 0.163. The van der Waals surface area contributed by atoms with Crippen LogP contribution in [-0.4, -0.2) is 26.7 Å². The number of hydrogen-bond donors (Lipinski definition) is 1. The molecule has 1 N–H and O–H groups in total. The number of hydrogen-bond acceptors (Lipinski definition) is 4. The zero-order valence-electron chi connectivity index (χ0n) is 13.1. The van der Waals surface area contributed by atoms with Crippen molar-refractivity contribution in [2.75, 3.05) is 20.8 Å². The zero-order chi connectivity index (χ0) is 17.7. The minimum atomic E-state index is -4.71. The van der Waals surface area contributed by atoms with E-state index < -0.39 is 23.4 Å². The zero-order valence-corrected chi connectivity index (χ0v) is 13.1. The Balaban J connectivity index is 1.97. The molecule has 8 heteroatoms. The largest absolute Gasteiger partial charge is 0.493 e. The SMILES string of the molecule is COc1ccc(CCNC(=O)c2ccoc2C(F)(F)F)cc1OC. The summed E-state index contributed by atoms with van der Waals surface area (Å²) in [6, 6.07) is 6.23. The fourth-order valence-electron chi connectivity index (χ4n) is 2.16. The summed E-state index contributed by atoms with van der Waals surface area (Å²) in [7, 11) is 3.02. The average molecular weight is 343 g/mol. The van der Waals surface area contributed by atoms with Gasteiger partial charge in [0.1, 0.15) is 0 Å². The van der Waals surface area contributed by atoms with E-state index in [4.69, 9.17) is 9.47 Å². The molecule has 0 spiro atoms. The maximum Gasteiger partial charge on any atom is 0.450 e. The van der Waals surface area contributed by atoms with Crippen molar-refractivity contribution in [2.45, 2.75) is 12.6 Å². The summed E-state index contributed by atoms with van der Waals surface area (Å²) in [5, 5.41) is 2.44. The van der Waals surface area contributed by atoms with E-state index in [0.717, 1.165) is 17.9 Å². The van der Waals surface area contributed by atoms with E-state index in [1.807, 2.05) is 0 Å². The van der Waals surface area contributed by atoms with Crippen LogP contribution in [0.3, 0.4) is 0 Å². The Morgan fingerprint density at radius 2 is 1.88 bits per heavy atom. The van der Waals surface area contributed by atoms with Gasteiger partial charge in [-0.15, -0.1) is 0 Å². The molecule has 0 unspecified atom stereocenters. The normalized spacial score (nSPS) is 11.2. The lowest BCUT2D eigenvalue weighted by Crippen LogP contribution is -2.27. The minimum absolute atomic E-state index is 0.163. The number of furan rings is 1. The summed E-state index contributed by atoms with van der Waals surface area (Å²) >= 11 is 0. The number of methoxy groups -OCH3 is 2. The molecule has 0 aliphatic rings. The first-order valence-electron chi connectivity index (χ1n) is 7.00. The van der Waals surface area contributed by atoms with Gasteiger partial charge in [0, 0.05) is 6.54 Å². The van der Waals surface area contributed by atoms with Gasteiger partial charge in [-0.1, -0.05) is 6.07 Å². The molecule has 0 aliphatic heterocycles. The van der Waals surface area contributed by atoms with Crippen LogP contribution in [0.5, 0.6) is 11.5 Å². The molecule has 0 saturated carbocycles. The molecule has 24 heavy (non-hydrogen) atoms. The molecule has 0 aliphatic carbocycles. The first kappa shape index (κ1) is 17.7. The van der Waals surface area contributed by atoms with Crippen molar-refractivity contribution in [3.05, 3.63) is 47.4 Å². The second kappa shape index (κ2) is 7.29. The summed E-state index contributed by atoms with van der Waals surface area (Å²) < 4.78 is 52.7. The summed E-state index contributed by atoms with van der Waals surface area (Å²) in [4.78, 5) is 11.9. The van der Waals surface area contributed by atoms with Crippen LogP contribution >= 0.6 is 0 Å². The fraction of sp³-hybridized carbons (Fsp3) is 0.312. The van der Waals surface area contributed by atoms with Crippen molar-refractivity contribution < 1.29 is 31.9 Å². The number of carbonyl (C=O) groups excluding carboxylic acids is 1. The quantitative estimate of drug-likeness (QED) is 0.874. The van der Waals surface area contributed by atoms with Gasteiger partial charge in [-0.05, 0) is 30.2 Å². The topological polar surface area (TPSA) is 60.7 Å². The molecule has 0 radical (unpaired) electrons. The number of halogens is 3. The third-order valence-electron chi connectivity index (χ3n) is 3.31. The highest BCUT2D eigenvalue weighted by molar-refractivity contribution is 5.95. The lowest BCUT2D eigenvalue weighted by molar-refractivity contribution is -0.153. The average Bonchev–Trinajstić information content (AvgIpc) is 3.04. The van der Waals surface area contributed by atoms with Crippen LogP contribution in [-0.2, 0) is 12.6 Å². The Bertz CT molecular complexity index is 710. The van der Waals surface area contributed by atoms with Crippen molar-refractivity contribution >= 4 is 5.91 Å². The van der Waals surface area contributed by atoms with Gasteiger partial charge in [0.15, 0.2) is 11.5 Å². The second-order valence-corrected chi connectivity index (χ2v) is 4.86. The number of carbonyl (C=O) groups is 1. The number of alkyl halides is 3. The minimum Gasteiger partial charge on any atom is -0.493 e. The Morgan fingerprint density at radius 3 is 2.50 bits per heavy atom. The molecule has 1 amide bonds. The van der Waals surface area contributed by atoms with Crippen LogP contribution in [0.4, 0.5) is 13.2 Å². The van der Waals surface area contributed by atoms with Crippen molar-refractivity contribution in [1.29, 1.82) is 0 Å². The van der Waals surface area contributed by atoms with Crippen molar-refractivity contribution in [3.8, 4) is 11.5 Å². The van der Waals surface area contributed by atoms with Crippen LogP contribution in [0.15, 0.2) is 34.9 Å². The number of amides is 1. The maximum absolute atomic E-state index is 12.7. The Kier molecular flexibility index (Phi) is 5.38. The third kappa shape index (κ3) is 4.01. The van der Waals surface area contributed by atoms with Crippen molar-refractivity contribution in [3.63, 3.8) is 0 Å². The van der Waals surface area contributed by atoms with Gasteiger partial charge in [0.25, 0.3) is 5.91 Å². The summed E-state index contributed by atoms with van der Waals surface area (Å²) in [6.07, 6.45) is -3.45. The van der Waals surface area contributed by atoms with Crippen LogP contribution in [0.1, 0.15) is 21.7 Å². The molecule has 1 aromatic heterocycles. The molecule has 0 saturated heterocycles. The van der Waals surface area contributed by atoms with Gasteiger partial charge in [0.2, 0.25) is 5.76 Å². The van der Waals surface area contributed by atoms with E-state index in [2.05, 4.69) is 9.73 Å². The van der Waals surface area contributed by atoms with E-state index >= 15 is 0 Å². The van der Waals surface area contributed by atoms with Crippen molar-refractivity contribution in [2.24, 2.45) is 0 Å². The molecule has 2 aromatic rings. The van der Waals surface area contributed by atoms with Gasteiger partial charge in [0.05, 0.1) is 26.0 Å². The number of nitrogens with one attached hydrogen (secondary N) is 1. The van der Waals surface area contributed by atoms with Crippen LogP contribution in [0, 0.1) is 0 Å². The molecular weight excluding hydrogens is 327 g/mol. The highest BCUT2D eigenvalue weighted by Crippen LogP contribution is 2.32. The molecule has 1 heterocycles. The fourth-order valence-corrected chi connectivity index (χ4v) is 2.16. The van der Waals surface area contributed by atoms with E-state index in [-0.39, 0.29) is 6.54 Å². The maximum atomic E-state index is 12.7. The standard InChI is InChI=1S/C16H16F3NO4/c1-22-12-4-3-10(9-13(12)23-2)5-7-20-15(21)11-6-8-24-14(11)16(17,18)19/h3-4,6,8-9H,5,7H2,1-2H3,(H,20,21). The van der Waals surface area contributed by atoms with Gasteiger partial charge in [-0.25, -0.2) is 0 Å². The number of ether oxygens (including phenoxy) is 2. The second-order valence-electron chi connectivity index (χ2n) is 4.86. The van der Waals surface area contributed by atoms with Gasteiger partial charge in [-0.3, -0.25) is 4.79 Å². The highest BCUT2D eigenvalue weighted by atomic mass is 19.4. The molecule has 0 fully saturated rings. The molecule has 1 aromatic carbocycles. The predicted octanol–water partition coefficient (Wildman–Crippen LogP) is 3.29. The monoisotopic (exact) mass is 343 g/mol. The lowest BCUT2D eigenvalue weighted by Gasteiger charge is -2.10. The molecule has 2 rings (SSSR count). The smallest absolute Gasteiger partial charge is 0.450 e. The lowest BCUT2D eigenvalue weighted by atomic mass is 10.1. The summed E-state index contributed by atoms with van der Waals surface area (Å²) in [5.41, 5.74) is 0.311. The first-order valence-corrected chi connectivity index (χ1v) is 7.00. The highest BCUT2D eigenvalue weighted by Gasteiger charge is 2.39. The Morgan fingerprint density at radius 1 is 1.17 bits per heavy atom. The molecule has 5 nitrogen and oxygen atoms in total.